The summed E-state index contributed by atoms with van der Waals surface area (Å²) in [5.74, 6) is -0.0636. The van der Waals surface area contributed by atoms with E-state index >= 15 is 0 Å². The van der Waals surface area contributed by atoms with Crippen LogP contribution in [0.4, 0.5) is 34.1 Å². The molecule has 7 heteroatoms. The van der Waals surface area contributed by atoms with E-state index in [1.807, 2.05) is 24.3 Å². The van der Waals surface area contributed by atoms with Crippen LogP contribution in [0.2, 0.25) is 0 Å². The van der Waals surface area contributed by atoms with Gasteiger partial charge < -0.3 is 24.0 Å². The second-order valence-corrected chi connectivity index (χ2v) is 17.4. The van der Waals surface area contributed by atoms with Gasteiger partial charge in [-0.2, -0.15) is 0 Å². The monoisotopic (exact) mass is 908 g/mol. The van der Waals surface area contributed by atoms with E-state index in [-0.39, 0.29) is 0 Å². The molecule has 0 spiro atoms. The van der Waals surface area contributed by atoms with Gasteiger partial charge in [-0.05, 0) is 194 Å². The lowest BCUT2D eigenvalue weighted by Gasteiger charge is -2.27. The summed E-state index contributed by atoms with van der Waals surface area (Å²) in [6.45, 7) is 20.8. The second-order valence-electron chi connectivity index (χ2n) is 17.4. The first-order valence-corrected chi connectivity index (χ1v) is 23.0. The number of esters is 2. The number of carbonyl (C=O) groups excluding carboxylic acids is 2. The highest BCUT2D eigenvalue weighted by Crippen LogP contribution is 2.40. The van der Waals surface area contributed by atoms with Crippen molar-refractivity contribution in [2.24, 2.45) is 0 Å². The molecule has 0 aliphatic rings. The van der Waals surface area contributed by atoms with Gasteiger partial charge in [0.15, 0.2) is 0 Å². The number of nitrogens with zero attached hydrogens (tertiary/aromatic N) is 2. The number of hydrogen-bond donors (Lipinski definition) is 0. The fraction of sp³-hybridized carbons (Fsp3) is 0.129. The number of anilines is 6. The Bertz CT molecular complexity index is 2940. The molecule has 0 unspecified atom stereocenters. The Hall–Kier alpha value is -8.26. The van der Waals surface area contributed by atoms with Crippen molar-refractivity contribution in [2.75, 3.05) is 9.80 Å². The van der Waals surface area contributed by atoms with E-state index in [0.29, 0.717) is 24.7 Å². The smallest absolute Gasteiger partial charge is 0.335 e. The SMILES string of the molecule is C=CC(=O)Oc1ccc(N(c2ccc(C)cc2)c2ccc(-c3ccc(COCc4ccc(-c5ccc(N(c6ccc(C)cc6)c6ccc(OC(=O)C=C)cc6)cc5C)c(C)c4)cc3C)c(C)c2)cc1. The van der Waals surface area contributed by atoms with Crippen LogP contribution >= 0.6 is 0 Å². The van der Waals surface area contributed by atoms with Crippen LogP contribution in [0, 0.1) is 41.5 Å². The average molecular weight is 909 g/mol. The maximum atomic E-state index is 11.8. The summed E-state index contributed by atoms with van der Waals surface area (Å²) in [7, 11) is 0. The molecule has 8 aromatic rings. The van der Waals surface area contributed by atoms with Gasteiger partial charge in [0.25, 0.3) is 0 Å². The van der Waals surface area contributed by atoms with Crippen LogP contribution in [-0.4, -0.2) is 11.9 Å². The van der Waals surface area contributed by atoms with Crippen molar-refractivity contribution in [2.45, 2.75) is 54.8 Å². The molecule has 0 heterocycles. The molecule has 7 nitrogen and oxygen atoms in total. The van der Waals surface area contributed by atoms with Crippen LogP contribution in [0.15, 0.2) is 195 Å². The Labute approximate surface area is 406 Å². The molecule has 0 aliphatic heterocycles. The average Bonchev–Trinajstić information content (AvgIpc) is 3.34. The Morgan fingerprint density at radius 2 is 0.681 bits per heavy atom. The van der Waals surface area contributed by atoms with Gasteiger partial charge >= 0.3 is 11.9 Å². The summed E-state index contributed by atoms with van der Waals surface area (Å²) in [5.41, 5.74) is 19.9. The fourth-order valence-corrected chi connectivity index (χ4v) is 8.62. The van der Waals surface area contributed by atoms with Crippen LogP contribution in [0.25, 0.3) is 22.3 Å². The molecular formula is C62H56N2O5. The maximum absolute atomic E-state index is 11.8. The number of ether oxygens (including phenoxy) is 3. The standard InChI is InChI=1S/C62H56N2O5/c1-9-61(65)68-55-27-21-51(22-28-55)63(49-17-11-41(3)12-18-49)53-25-33-59(45(7)37-53)57-31-15-47(35-43(57)5)39-67-40-48-16-32-58(44(6)36-48)60-34-26-54(38-46(60)8)64(50-19-13-42(4)14-20-50)52-23-29-56(30-24-52)69-62(66)10-2/h9-38H,1-2,39-40H2,3-8H3. The van der Waals surface area contributed by atoms with Crippen LogP contribution < -0.4 is 19.3 Å². The highest BCUT2D eigenvalue weighted by molar-refractivity contribution is 5.85. The molecule has 69 heavy (non-hydrogen) atoms. The summed E-state index contributed by atoms with van der Waals surface area (Å²) in [6.07, 6.45) is 2.31. The molecule has 0 saturated carbocycles. The van der Waals surface area contributed by atoms with E-state index in [1.165, 1.54) is 44.5 Å². The zero-order chi connectivity index (χ0) is 48.6. The normalized spacial score (nSPS) is 10.9. The molecule has 8 rings (SSSR count). The topological polar surface area (TPSA) is 68.3 Å². The molecular weight excluding hydrogens is 853 g/mol. The molecule has 8 aromatic carbocycles. The number of carbonyl (C=O) groups is 2. The van der Waals surface area contributed by atoms with Crippen LogP contribution in [-0.2, 0) is 27.5 Å². The lowest BCUT2D eigenvalue weighted by atomic mass is 9.94. The van der Waals surface area contributed by atoms with Crippen molar-refractivity contribution < 1.29 is 23.8 Å². The highest BCUT2D eigenvalue weighted by atomic mass is 16.5. The quantitative estimate of drug-likeness (QED) is 0.0543. The minimum Gasteiger partial charge on any atom is -0.423 e. The molecule has 0 fully saturated rings. The Balaban J connectivity index is 0.940. The molecule has 0 bridgehead atoms. The van der Waals surface area contributed by atoms with Gasteiger partial charge in [0.1, 0.15) is 11.5 Å². The van der Waals surface area contributed by atoms with Gasteiger partial charge in [0, 0.05) is 46.3 Å². The van der Waals surface area contributed by atoms with Crippen molar-refractivity contribution in [3.8, 4) is 33.8 Å². The van der Waals surface area contributed by atoms with Crippen LogP contribution in [0.5, 0.6) is 11.5 Å². The molecule has 0 atom stereocenters. The number of benzene rings is 8. The number of rotatable bonds is 16. The molecule has 0 aliphatic carbocycles. The predicted molar refractivity (Wildman–Crippen MR) is 282 cm³/mol. The second kappa shape index (κ2) is 21.1. The molecule has 0 aromatic heterocycles. The van der Waals surface area contributed by atoms with Crippen molar-refractivity contribution in [1.82, 2.24) is 0 Å². The van der Waals surface area contributed by atoms with Gasteiger partial charge in [-0.1, -0.05) is 97.1 Å². The van der Waals surface area contributed by atoms with Crippen LogP contribution in [0.3, 0.4) is 0 Å². The summed E-state index contributed by atoms with van der Waals surface area (Å²) >= 11 is 0. The molecule has 0 radical (unpaired) electrons. The maximum Gasteiger partial charge on any atom is 0.335 e. The largest absolute Gasteiger partial charge is 0.423 e. The minimum atomic E-state index is -0.492. The van der Waals surface area contributed by atoms with Gasteiger partial charge in [-0.3, -0.25) is 0 Å². The fourth-order valence-electron chi connectivity index (χ4n) is 8.62. The highest BCUT2D eigenvalue weighted by Gasteiger charge is 2.18. The van der Waals surface area contributed by atoms with E-state index in [9.17, 15) is 9.59 Å². The Morgan fingerprint density at radius 1 is 0.391 bits per heavy atom. The van der Waals surface area contributed by atoms with Crippen LogP contribution in [0.1, 0.15) is 44.5 Å². The lowest BCUT2D eigenvalue weighted by Crippen LogP contribution is -2.10. The van der Waals surface area contributed by atoms with E-state index < -0.39 is 11.9 Å². The summed E-state index contributed by atoms with van der Waals surface area (Å²) in [4.78, 5) is 28.0. The van der Waals surface area contributed by atoms with E-state index in [1.54, 1.807) is 24.3 Å². The summed E-state index contributed by atoms with van der Waals surface area (Å²) in [5, 5.41) is 0. The van der Waals surface area contributed by atoms with Crippen molar-refractivity contribution >= 4 is 46.1 Å². The van der Waals surface area contributed by atoms with E-state index in [4.69, 9.17) is 14.2 Å². The third-order valence-corrected chi connectivity index (χ3v) is 12.2. The summed E-state index contributed by atoms with van der Waals surface area (Å²) in [6, 6.07) is 58.2. The first kappa shape index (κ1) is 47.2. The predicted octanol–water partition coefficient (Wildman–Crippen LogP) is 15.7. The van der Waals surface area contributed by atoms with E-state index in [2.05, 4.69) is 186 Å². The number of aryl methyl sites for hydroxylation is 6. The Morgan fingerprint density at radius 3 is 0.986 bits per heavy atom. The van der Waals surface area contributed by atoms with Crippen molar-refractivity contribution in [3.63, 3.8) is 0 Å². The third-order valence-electron chi connectivity index (χ3n) is 12.2. The zero-order valence-corrected chi connectivity index (χ0v) is 40.1. The van der Waals surface area contributed by atoms with Crippen molar-refractivity contribution in [1.29, 1.82) is 0 Å². The third kappa shape index (κ3) is 11.1. The number of hydrogen-bond acceptors (Lipinski definition) is 7. The van der Waals surface area contributed by atoms with Gasteiger partial charge in [0.05, 0.1) is 13.2 Å². The van der Waals surface area contributed by atoms with Gasteiger partial charge in [0.2, 0.25) is 0 Å². The molecule has 344 valence electrons. The van der Waals surface area contributed by atoms with Gasteiger partial charge in [-0.25, -0.2) is 9.59 Å². The van der Waals surface area contributed by atoms with E-state index in [0.717, 1.165) is 68.5 Å². The molecule has 0 amide bonds. The minimum absolute atomic E-state index is 0.461. The first-order valence-electron chi connectivity index (χ1n) is 23.0. The Kier molecular flexibility index (Phi) is 14.5. The lowest BCUT2D eigenvalue weighted by molar-refractivity contribution is -0.129. The first-order chi connectivity index (χ1) is 33.4. The molecule has 0 saturated heterocycles. The zero-order valence-electron chi connectivity index (χ0n) is 40.1. The van der Waals surface area contributed by atoms with Gasteiger partial charge in [-0.15, -0.1) is 0 Å². The van der Waals surface area contributed by atoms with Crippen molar-refractivity contribution in [3.05, 3.63) is 240 Å². The summed E-state index contributed by atoms with van der Waals surface area (Å²) < 4.78 is 17.0. The molecule has 0 N–H and O–H groups in total.